The number of fused-ring (bicyclic) bond motifs is 2. The minimum Gasteiger partial charge on any atom is -0.332 e. The number of aromatic nitrogens is 3. The minimum atomic E-state index is -0.167. The van der Waals surface area contributed by atoms with Crippen LogP contribution in [0.25, 0.3) is 27.5 Å². The van der Waals surface area contributed by atoms with E-state index in [9.17, 15) is 4.79 Å². The number of anilines is 1. The number of rotatable bonds is 4. The number of hydrogen-bond donors (Lipinski definition) is 2. The number of aryl methyl sites for hydroxylation is 1. The fourth-order valence-electron chi connectivity index (χ4n) is 3.80. The van der Waals surface area contributed by atoms with E-state index in [0.717, 1.165) is 44.3 Å². The van der Waals surface area contributed by atoms with Crippen LogP contribution in [0.1, 0.15) is 11.1 Å². The summed E-state index contributed by atoms with van der Waals surface area (Å²) in [4.78, 5) is 14.0. The maximum Gasteiger partial charge on any atom is 0.230 e. The average Bonchev–Trinajstić information content (AvgIpc) is 3.22. The summed E-state index contributed by atoms with van der Waals surface area (Å²) in [5.74, 6) is -0.167. The molecular formula is C26H21N5OS. The lowest BCUT2D eigenvalue weighted by molar-refractivity contribution is -0.119. The predicted molar refractivity (Wildman–Crippen MR) is 136 cm³/mol. The molecule has 0 bridgehead atoms. The number of carbonyl (C=O) groups is 1. The highest BCUT2D eigenvalue weighted by atomic mass is 32.1. The third-order valence-electron chi connectivity index (χ3n) is 5.42. The summed E-state index contributed by atoms with van der Waals surface area (Å²) in [5, 5.41) is 17.7. The lowest BCUT2D eigenvalue weighted by atomic mass is 10.1. The monoisotopic (exact) mass is 451 g/mol. The second-order valence-electron chi connectivity index (χ2n) is 7.81. The Morgan fingerprint density at radius 2 is 1.61 bits per heavy atom. The van der Waals surface area contributed by atoms with Gasteiger partial charge in [0.1, 0.15) is 11.0 Å². The summed E-state index contributed by atoms with van der Waals surface area (Å²) in [5.41, 5.74) is 5.09. The van der Waals surface area contributed by atoms with Crippen molar-refractivity contribution >= 4 is 50.7 Å². The first-order chi connectivity index (χ1) is 16.1. The van der Waals surface area contributed by atoms with Crippen LogP contribution in [0, 0.1) is 6.92 Å². The number of carbonyl (C=O) groups excluding carboxylic acids is 1. The number of hydrogen-bond acceptors (Lipinski definition) is 4. The van der Waals surface area contributed by atoms with Crippen molar-refractivity contribution in [2.75, 3.05) is 5.32 Å². The van der Waals surface area contributed by atoms with Gasteiger partial charge in [-0.2, -0.15) is 0 Å². The fourth-order valence-corrected chi connectivity index (χ4v) is 4.02. The van der Waals surface area contributed by atoms with Crippen LogP contribution in [0.15, 0.2) is 84.9 Å². The van der Waals surface area contributed by atoms with E-state index in [1.807, 2.05) is 73.7 Å². The highest BCUT2D eigenvalue weighted by molar-refractivity contribution is 7.80. The number of nitrogens with one attached hydrogen (secondary N) is 2. The first-order valence-electron chi connectivity index (χ1n) is 10.6. The number of amides is 1. The van der Waals surface area contributed by atoms with Crippen LogP contribution < -0.4 is 10.6 Å². The van der Waals surface area contributed by atoms with Crippen molar-refractivity contribution in [3.8, 4) is 5.69 Å². The molecule has 0 saturated heterocycles. The molecule has 1 heterocycles. The van der Waals surface area contributed by atoms with Gasteiger partial charge in [0.25, 0.3) is 0 Å². The van der Waals surface area contributed by atoms with E-state index < -0.39 is 0 Å². The second-order valence-corrected chi connectivity index (χ2v) is 8.22. The summed E-state index contributed by atoms with van der Waals surface area (Å²) >= 11 is 5.36. The van der Waals surface area contributed by atoms with Crippen LogP contribution in [0.4, 0.5) is 5.69 Å². The fraction of sp³-hybridized carbons (Fsp3) is 0.0769. The zero-order chi connectivity index (χ0) is 22.8. The summed E-state index contributed by atoms with van der Waals surface area (Å²) in [7, 11) is 0. The van der Waals surface area contributed by atoms with Gasteiger partial charge in [-0.05, 0) is 53.9 Å². The van der Waals surface area contributed by atoms with Gasteiger partial charge in [-0.15, -0.1) is 15.0 Å². The summed E-state index contributed by atoms with van der Waals surface area (Å²) < 4.78 is 0. The van der Waals surface area contributed by atoms with Crippen molar-refractivity contribution in [3.05, 3.63) is 96.1 Å². The zero-order valence-electron chi connectivity index (χ0n) is 17.9. The molecular weight excluding hydrogens is 430 g/mol. The second kappa shape index (κ2) is 8.80. The molecule has 0 aliphatic heterocycles. The quantitative estimate of drug-likeness (QED) is 0.379. The molecule has 0 unspecified atom stereocenters. The van der Waals surface area contributed by atoms with Gasteiger partial charge in [0.15, 0.2) is 5.11 Å². The van der Waals surface area contributed by atoms with Gasteiger partial charge in [-0.1, -0.05) is 66.7 Å². The minimum absolute atomic E-state index is 0.167. The van der Waals surface area contributed by atoms with Crippen molar-refractivity contribution < 1.29 is 4.79 Å². The summed E-state index contributed by atoms with van der Waals surface area (Å²) in [6.45, 7) is 1.97. The number of nitrogens with zero attached hydrogens (tertiary/aromatic N) is 3. The number of thiocarbonyl (C=S) groups is 1. The van der Waals surface area contributed by atoms with Gasteiger partial charge in [-0.3, -0.25) is 4.79 Å². The number of benzene rings is 4. The zero-order valence-corrected chi connectivity index (χ0v) is 18.8. The van der Waals surface area contributed by atoms with Gasteiger partial charge < -0.3 is 10.6 Å². The molecule has 0 fully saturated rings. The third kappa shape index (κ3) is 4.44. The van der Waals surface area contributed by atoms with Crippen molar-refractivity contribution in [3.63, 3.8) is 0 Å². The Labute approximate surface area is 196 Å². The molecule has 0 saturated carbocycles. The highest BCUT2D eigenvalue weighted by Gasteiger charge is 2.12. The maximum atomic E-state index is 12.3. The Kier molecular flexibility index (Phi) is 5.54. The molecule has 0 aliphatic rings. The molecule has 5 aromatic rings. The van der Waals surface area contributed by atoms with Crippen LogP contribution in [0.3, 0.4) is 0 Å². The van der Waals surface area contributed by atoms with E-state index in [1.54, 1.807) is 4.80 Å². The maximum absolute atomic E-state index is 12.3. The van der Waals surface area contributed by atoms with E-state index in [1.165, 1.54) is 0 Å². The Bertz CT molecular complexity index is 1490. The smallest absolute Gasteiger partial charge is 0.230 e. The molecule has 162 valence electrons. The highest BCUT2D eigenvalue weighted by Crippen LogP contribution is 2.25. The van der Waals surface area contributed by atoms with Crippen molar-refractivity contribution in [2.45, 2.75) is 13.3 Å². The topological polar surface area (TPSA) is 71.8 Å². The average molecular weight is 452 g/mol. The first kappa shape index (κ1) is 20.8. The van der Waals surface area contributed by atoms with E-state index >= 15 is 0 Å². The Balaban J connectivity index is 1.37. The van der Waals surface area contributed by atoms with E-state index in [4.69, 9.17) is 17.3 Å². The third-order valence-corrected chi connectivity index (χ3v) is 5.62. The molecule has 1 aromatic heterocycles. The largest absolute Gasteiger partial charge is 0.332 e. The SMILES string of the molecule is Cc1cc2nn(-c3cccc4ccccc34)nc2cc1NC(=S)NC(=O)Cc1ccccc1. The summed E-state index contributed by atoms with van der Waals surface area (Å²) in [6, 6.07) is 27.6. The molecule has 4 aromatic carbocycles. The molecule has 2 N–H and O–H groups in total. The van der Waals surface area contributed by atoms with E-state index in [-0.39, 0.29) is 17.4 Å². The molecule has 0 radical (unpaired) electrons. The Morgan fingerprint density at radius 1 is 0.909 bits per heavy atom. The molecule has 0 spiro atoms. The lowest BCUT2D eigenvalue weighted by Gasteiger charge is -2.11. The lowest BCUT2D eigenvalue weighted by Crippen LogP contribution is -2.35. The molecule has 5 rings (SSSR count). The first-order valence-corrected chi connectivity index (χ1v) is 11.0. The molecule has 1 amide bonds. The van der Waals surface area contributed by atoms with E-state index in [2.05, 4.69) is 33.9 Å². The van der Waals surface area contributed by atoms with Gasteiger partial charge >= 0.3 is 0 Å². The van der Waals surface area contributed by atoms with E-state index in [0.29, 0.717) is 0 Å². The van der Waals surface area contributed by atoms with Crippen molar-refractivity contribution in [1.82, 2.24) is 20.3 Å². The molecule has 33 heavy (non-hydrogen) atoms. The van der Waals surface area contributed by atoms with Crippen LogP contribution >= 0.6 is 12.2 Å². The molecule has 7 heteroatoms. The Hall–Kier alpha value is -4.10. The summed E-state index contributed by atoms with van der Waals surface area (Å²) in [6.07, 6.45) is 0.264. The molecule has 6 nitrogen and oxygen atoms in total. The molecule has 0 aliphatic carbocycles. The van der Waals surface area contributed by atoms with Crippen LogP contribution in [0.2, 0.25) is 0 Å². The van der Waals surface area contributed by atoms with Crippen LogP contribution in [-0.2, 0) is 11.2 Å². The predicted octanol–water partition coefficient (Wildman–Crippen LogP) is 4.94. The van der Waals surface area contributed by atoms with Gasteiger partial charge in [0.05, 0.1) is 12.1 Å². The van der Waals surface area contributed by atoms with Crippen molar-refractivity contribution in [1.29, 1.82) is 0 Å². The van der Waals surface area contributed by atoms with Gasteiger partial charge in [-0.25, -0.2) is 0 Å². The van der Waals surface area contributed by atoms with Gasteiger partial charge in [0, 0.05) is 11.1 Å². The Morgan fingerprint density at radius 3 is 2.42 bits per heavy atom. The normalized spacial score (nSPS) is 10.9. The van der Waals surface area contributed by atoms with Gasteiger partial charge in [0.2, 0.25) is 5.91 Å². The standard InChI is InChI=1S/C26H21N5OS/c1-17-14-22-23(30-31(29-22)24-13-7-11-19-10-5-6-12-20(19)24)16-21(17)27-26(33)28-25(32)15-18-8-3-2-4-9-18/h2-14,16H,15H2,1H3,(H2,27,28,32,33). The van der Waals surface area contributed by atoms with Crippen LogP contribution in [0.5, 0.6) is 0 Å². The van der Waals surface area contributed by atoms with Crippen molar-refractivity contribution in [2.24, 2.45) is 0 Å². The molecule has 0 atom stereocenters. The van der Waals surface area contributed by atoms with Crippen LogP contribution in [-0.4, -0.2) is 26.0 Å².